The first-order valence-electron chi connectivity index (χ1n) is 7.95. The monoisotopic (exact) mass is 356 g/mol. The highest BCUT2D eigenvalue weighted by Gasteiger charge is 2.26. The third-order valence-electron chi connectivity index (χ3n) is 3.78. The third kappa shape index (κ3) is 5.78. The lowest BCUT2D eigenvalue weighted by molar-refractivity contribution is -0.144. The number of halogens is 1. The molecule has 1 aromatic carbocycles. The molecule has 1 heterocycles. The van der Waals surface area contributed by atoms with Gasteiger partial charge in [-0.25, -0.2) is 0 Å². The topological polar surface area (TPSA) is 76.7 Å². The SMILES string of the molecule is CCOC(=O)CC(NC(=O)C1CNCCO1)c1ccccc1C.Cl. The van der Waals surface area contributed by atoms with E-state index in [-0.39, 0.29) is 30.7 Å². The molecule has 0 saturated carbocycles. The standard InChI is InChI=1S/C17H24N2O4.ClH/c1-3-22-16(20)10-14(13-7-5-4-6-12(13)2)19-17(21)15-11-18-8-9-23-15;/h4-7,14-15,18H,3,8-11H2,1-2H3,(H,19,21);1H. The van der Waals surface area contributed by atoms with Gasteiger partial charge in [0.1, 0.15) is 6.10 Å². The average molecular weight is 357 g/mol. The summed E-state index contributed by atoms with van der Waals surface area (Å²) in [5.74, 6) is -0.543. The molecule has 134 valence electrons. The second-order valence-electron chi connectivity index (χ2n) is 5.49. The molecule has 1 aliphatic heterocycles. The molecule has 0 spiro atoms. The van der Waals surface area contributed by atoms with Crippen LogP contribution < -0.4 is 10.6 Å². The Labute approximate surface area is 148 Å². The molecule has 2 atom stereocenters. The quantitative estimate of drug-likeness (QED) is 0.756. The lowest BCUT2D eigenvalue weighted by atomic mass is 9.98. The first-order chi connectivity index (χ1) is 11.1. The number of hydrogen-bond acceptors (Lipinski definition) is 5. The fourth-order valence-electron chi connectivity index (χ4n) is 2.60. The zero-order valence-electron chi connectivity index (χ0n) is 14.0. The number of benzene rings is 1. The Balaban J connectivity index is 0.00000288. The smallest absolute Gasteiger partial charge is 0.308 e. The van der Waals surface area contributed by atoms with Crippen molar-refractivity contribution in [2.75, 3.05) is 26.3 Å². The molecule has 0 aliphatic carbocycles. The highest BCUT2D eigenvalue weighted by Crippen LogP contribution is 2.21. The number of ether oxygens (including phenoxy) is 2. The van der Waals surface area contributed by atoms with E-state index in [9.17, 15) is 9.59 Å². The zero-order valence-corrected chi connectivity index (χ0v) is 14.9. The van der Waals surface area contributed by atoms with Crippen LogP contribution >= 0.6 is 12.4 Å². The van der Waals surface area contributed by atoms with Crippen LogP contribution in [0.2, 0.25) is 0 Å². The molecule has 1 fully saturated rings. The highest BCUT2D eigenvalue weighted by atomic mass is 35.5. The maximum Gasteiger partial charge on any atom is 0.308 e. The summed E-state index contributed by atoms with van der Waals surface area (Å²) in [4.78, 5) is 24.3. The van der Waals surface area contributed by atoms with Crippen molar-refractivity contribution in [1.82, 2.24) is 10.6 Å². The van der Waals surface area contributed by atoms with Crippen LogP contribution in [0, 0.1) is 6.92 Å². The maximum atomic E-state index is 12.4. The van der Waals surface area contributed by atoms with E-state index in [1.54, 1.807) is 6.92 Å². The van der Waals surface area contributed by atoms with Crippen LogP contribution in [0.5, 0.6) is 0 Å². The molecular weight excluding hydrogens is 332 g/mol. The Bertz CT molecular complexity index is 547. The number of esters is 1. The molecular formula is C17H25ClN2O4. The summed E-state index contributed by atoms with van der Waals surface area (Å²) >= 11 is 0. The van der Waals surface area contributed by atoms with E-state index in [2.05, 4.69) is 10.6 Å². The molecule has 0 aromatic heterocycles. The summed E-state index contributed by atoms with van der Waals surface area (Å²) in [6.45, 7) is 5.77. The molecule has 0 radical (unpaired) electrons. The first-order valence-corrected chi connectivity index (χ1v) is 7.95. The van der Waals surface area contributed by atoms with Crippen LogP contribution in [0.25, 0.3) is 0 Å². The van der Waals surface area contributed by atoms with Crippen molar-refractivity contribution >= 4 is 24.3 Å². The number of amides is 1. The Morgan fingerprint density at radius 1 is 1.42 bits per heavy atom. The van der Waals surface area contributed by atoms with Crippen molar-refractivity contribution in [3.63, 3.8) is 0 Å². The first kappa shape index (κ1) is 20.4. The van der Waals surface area contributed by atoms with E-state index in [0.717, 1.165) is 17.7 Å². The van der Waals surface area contributed by atoms with E-state index in [4.69, 9.17) is 9.47 Å². The minimum absolute atomic E-state index is 0. The lowest BCUT2D eigenvalue weighted by Crippen LogP contribution is -2.48. The van der Waals surface area contributed by atoms with Crippen molar-refractivity contribution in [3.8, 4) is 0 Å². The lowest BCUT2D eigenvalue weighted by Gasteiger charge is -2.26. The van der Waals surface area contributed by atoms with Gasteiger partial charge in [0.2, 0.25) is 0 Å². The Hall–Kier alpha value is -1.63. The second kappa shape index (κ2) is 10.3. The van der Waals surface area contributed by atoms with Gasteiger partial charge in [-0.15, -0.1) is 12.4 Å². The van der Waals surface area contributed by atoms with Gasteiger partial charge in [0, 0.05) is 13.1 Å². The van der Waals surface area contributed by atoms with Crippen LogP contribution in [0.1, 0.15) is 30.5 Å². The minimum Gasteiger partial charge on any atom is -0.466 e. The van der Waals surface area contributed by atoms with Crippen LogP contribution in [-0.4, -0.2) is 44.3 Å². The normalized spacial score (nSPS) is 18.2. The van der Waals surface area contributed by atoms with Gasteiger partial charge in [-0.3, -0.25) is 9.59 Å². The van der Waals surface area contributed by atoms with Crippen molar-refractivity contribution in [2.24, 2.45) is 0 Å². The van der Waals surface area contributed by atoms with Crippen LogP contribution in [-0.2, 0) is 19.1 Å². The molecule has 6 nitrogen and oxygen atoms in total. The van der Waals surface area contributed by atoms with Gasteiger partial charge < -0.3 is 20.1 Å². The van der Waals surface area contributed by atoms with Gasteiger partial charge in [0.25, 0.3) is 5.91 Å². The van der Waals surface area contributed by atoms with Crippen LogP contribution in [0.3, 0.4) is 0 Å². The highest BCUT2D eigenvalue weighted by molar-refractivity contribution is 5.85. The van der Waals surface area contributed by atoms with Crippen molar-refractivity contribution in [1.29, 1.82) is 0 Å². The number of aryl methyl sites for hydroxylation is 1. The molecule has 2 rings (SSSR count). The van der Waals surface area contributed by atoms with Crippen molar-refractivity contribution in [2.45, 2.75) is 32.4 Å². The van der Waals surface area contributed by atoms with Gasteiger partial charge in [-0.05, 0) is 25.0 Å². The van der Waals surface area contributed by atoms with Crippen LogP contribution in [0.4, 0.5) is 0 Å². The molecule has 7 heteroatoms. The van der Waals surface area contributed by atoms with Gasteiger partial charge in [-0.1, -0.05) is 24.3 Å². The molecule has 2 N–H and O–H groups in total. The van der Waals surface area contributed by atoms with Gasteiger partial charge in [0.15, 0.2) is 0 Å². The zero-order chi connectivity index (χ0) is 16.7. The predicted octanol–water partition coefficient (Wildman–Crippen LogP) is 1.52. The summed E-state index contributed by atoms with van der Waals surface area (Å²) in [6.07, 6.45) is -0.428. The van der Waals surface area contributed by atoms with Gasteiger partial charge in [-0.2, -0.15) is 0 Å². The summed E-state index contributed by atoms with van der Waals surface area (Å²) in [7, 11) is 0. The van der Waals surface area contributed by atoms with Gasteiger partial charge in [0.05, 0.1) is 25.7 Å². The second-order valence-corrected chi connectivity index (χ2v) is 5.49. The fourth-order valence-corrected chi connectivity index (χ4v) is 2.60. The summed E-state index contributed by atoms with van der Waals surface area (Å²) in [5, 5.41) is 6.05. The number of carbonyl (C=O) groups is 2. The molecule has 1 aliphatic rings. The maximum absolute atomic E-state index is 12.4. The Morgan fingerprint density at radius 2 is 2.17 bits per heavy atom. The van der Waals surface area contributed by atoms with E-state index in [0.29, 0.717) is 19.8 Å². The molecule has 2 unspecified atom stereocenters. The molecule has 1 amide bonds. The predicted molar refractivity (Wildman–Crippen MR) is 93.2 cm³/mol. The van der Waals surface area contributed by atoms with Crippen LogP contribution in [0.15, 0.2) is 24.3 Å². The number of rotatable bonds is 6. The van der Waals surface area contributed by atoms with E-state index in [1.807, 2.05) is 31.2 Å². The molecule has 1 aromatic rings. The molecule has 24 heavy (non-hydrogen) atoms. The third-order valence-corrected chi connectivity index (χ3v) is 3.78. The molecule has 0 bridgehead atoms. The number of hydrogen-bond donors (Lipinski definition) is 2. The van der Waals surface area contributed by atoms with Crippen molar-refractivity contribution < 1.29 is 19.1 Å². The van der Waals surface area contributed by atoms with Gasteiger partial charge >= 0.3 is 5.97 Å². The van der Waals surface area contributed by atoms with E-state index in [1.165, 1.54) is 0 Å². The minimum atomic E-state index is -0.530. The Kier molecular flexibility index (Phi) is 8.74. The largest absolute Gasteiger partial charge is 0.466 e. The number of morpholine rings is 1. The van der Waals surface area contributed by atoms with Crippen molar-refractivity contribution in [3.05, 3.63) is 35.4 Å². The molecule has 1 saturated heterocycles. The Morgan fingerprint density at radius 3 is 2.79 bits per heavy atom. The number of carbonyl (C=O) groups excluding carboxylic acids is 2. The number of nitrogens with one attached hydrogen (secondary N) is 2. The summed E-state index contributed by atoms with van der Waals surface area (Å²) in [6, 6.07) is 7.27. The fraction of sp³-hybridized carbons (Fsp3) is 0.529. The van der Waals surface area contributed by atoms with E-state index >= 15 is 0 Å². The summed E-state index contributed by atoms with van der Waals surface area (Å²) < 4.78 is 10.5. The summed E-state index contributed by atoms with van der Waals surface area (Å²) in [5.41, 5.74) is 1.93. The van der Waals surface area contributed by atoms with E-state index < -0.39 is 12.1 Å². The average Bonchev–Trinajstić information content (AvgIpc) is 2.55.